The first-order valence-corrected chi connectivity index (χ1v) is 7.26. The molecule has 104 valence electrons. The number of benzene rings is 1. The fourth-order valence-corrected chi connectivity index (χ4v) is 2.85. The second kappa shape index (κ2) is 6.42. The number of rotatable bonds is 3. The largest absolute Gasteiger partial charge is 0.458 e. The Balaban J connectivity index is 2.05. The van der Waals surface area contributed by atoms with Crippen LogP contribution in [0.15, 0.2) is 23.1 Å². The molecule has 0 saturated heterocycles. The number of esters is 1. The van der Waals surface area contributed by atoms with E-state index >= 15 is 0 Å². The zero-order chi connectivity index (χ0) is 13.8. The fraction of sp³-hybridized carbons (Fsp3) is 0.533. The molecule has 1 saturated carbocycles. The van der Waals surface area contributed by atoms with Gasteiger partial charge in [-0.1, -0.05) is 13.3 Å². The Morgan fingerprint density at radius 3 is 2.84 bits per heavy atom. The van der Waals surface area contributed by atoms with Crippen LogP contribution >= 0.6 is 12.6 Å². The Kier molecular flexibility index (Phi) is 4.86. The van der Waals surface area contributed by atoms with Crippen molar-refractivity contribution < 1.29 is 13.9 Å². The third kappa shape index (κ3) is 3.50. The van der Waals surface area contributed by atoms with E-state index in [4.69, 9.17) is 4.74 Å². The van der Waals surface area contributed by atoms with E-state index in [1.165, 1.54) is 24.6 Å². The van der Waals surface area contributed by atoms with Gasteiger partial charge in [-0.15, -0.1) is 12.6 Å². The molecule has 0 aromatic heterocycles. The maximum atomic E-state index is 13.1. The summed E-state index contributed by atoms with van der Waals surface area (Å²) in [5.74, 6) is -0.349. The lowest BCUT2D eigenvalue weighted by Crippen LogP contribution is -2.29. The summed E-state index contributed by atoms with van der Waals surface area (Å²) >= 11 is 3.98. The molecule has 0 spiro atoms. The number of thiol groups is 1. The molecule has 1 aliphatic rings. The van der Waals surface area contributed by atoms with Gasteiger partial charge in [0, 0.05) is 4.90 Å². The van der Waals surface area contributed by atoms with Gasteiger partial charge >= 0.3 is 5.97 Å². The van der Waals surface area contributed by atoms with E-state index < -0.39 is 5.82 Å². The molecule has 2 unspecified atom stereocenters. The molecule has 0 radical (unpaired) electrons. The Hall–Kier alpha value is -1.03. The van der Waals surface area contributed by atoms with Crippen molar-refractivity contribution in [2.75, 3.05) is 0 Å². The molecule has 2 atom stereocenters. The molecule has 0 heterocycles. The molecule has 2 rings (SSSR count). The van der Waals surface area contributed by atoms with Crippen LogP contribution in [0.5, 0.6) is 0 Å². The number of carbonyl (C=O) groups is 1. The van der Waals surface area contributed by atoms with E-state index in [0.717, 1.165) is 25.7 Å². The van der Waals surface area contributed by atoms with Crippen LogP contribution in [0.25, 0.3) is 0 Å². The van der Waals surface area contributed by atoms with E-state index in [1.54, 1.807) is 0 Å². The van der Waals surface area contributed by atoms with Crippen LogP contribution in [-0.2, 0) is 4.74 Å². The van der Waals surface area contributed by atoms with Gasteiger partial charge in [-0.2, -0.15) is 0 Å². The highest BCUT2D eigenvalue weighted by atomic mass is 32.1. The molecular weight excluding hydrogens is 263 g/mol. The van der Waals surface area contributed by atoms with E-state index in [-0.39, 0.29) is 17.0 Å². The lowest BCUT2D eigenvalue weighted by Gasteiger charge is -2.30. The van der Waals surface area contributed by atoms with Gasteiger partial charge in [0.1, 0.15) is 11.9 Å². The van der Waals surface area contributed by atoms with E-state index in [9.17, 15) is 9.18 Å². The molecule has 1 fully saturated rings. The molecule has 1 aliphatic carbocycles. The summed E-state index contributed by atoms with van der Waals surface area (Å²) in [6.45, 7) is 2.13. The number of halogens is 1. The molecular formula is C15H19FO2S. The molecule has 2 nitrogen and oxygen atoms in total. The minimum absolute atomic E-state index is 0.000305. The van der Waals surface area contributed by atoms with Crippen molar-refractivity contribution in [2.45, 2.75) is 50.0 Å². The topological polar surface area (TPSA) is 26.3 Å². The van der Waals surface area contributed by atoms with Gasteiger partial charge in [-0.3, -0.25) is 0 Å². The van der Waals surface area contributed by atoms with Gasteiger partial charge in [0.15, 0.2) is 0 Å². The van der Waals surface area contributed by atoms with Crippen LogP contribution in [0.4, 0.5) is 4.39 Å². The van der Waals surface area contributed by atoms with Crippen molar-refractivity contribution in [2.24, 2.45) is 5.92 Å². The highest BCUT2D eigenvalue weighted by molar-refractivity contribution is 7.80. The molecule has 1 aromatic carbocycles. The van der Waals surface area contributed by atoms with Crippen molar-refractivity contribution in [3.63, 3.8) is 0 Å². The Morgan fingerprint density at radius 2 is 2.16 bits per heavy atom. The zero-order valence-electron chi connectivity index (χ0n) is 11.1. The highest BCUT2D eigenvalue weighted by Crippen LogP contribution is 2.30. The van der Waals surface area contributed by atoms with Crippen LogP contribution in [-0.4, -0.2) is 12.1 Å². The monoisotopic (exact) mass is 282 g/mol. The standard InChI is InChI=1S/C15H19FO2S/c1-2-10-5-3-4-6-13(10)18-15(17)11-7-8-12(16)14(19)9-11/h7-10,13,19H,2-6H2,1H3. The number of hydrogen-bond donors (Lipinski definition) is 1. The summed E-state index contributed by atoms with van der Waals surface area (Å²) in [7, 11) is 0. The summed E-state index contributed by atoms with van der Waals surface area (Å²) in [5, 5.41) is 0. The average Bonchev–Trinajstić information content (AvgIpc) is 2.42. The third-order valence-corrected chi connectivity index (χ3v) is 4.15. The predicted molar refractivity (Wildman–Crippen MR) is 75.1 cm³/mol. The van der Waals surface area contributed by atoms with Crippen molar-refractivity contribution in [3.05, 3.63) is 29.6 Å². The summed E-state index contributed by atoms with van der Waals surface area (Å²) in [4.78, 5) is 12.2. The fourth-order valence-electron chi connectivity index (χ4n) is 2.64. The van der Waals surface area contributed by atoms with Crippen LogP contribution in [0.1, 0.15) is 49.4 Å². The molecule has 0 bridgehead atoms. The van der Waals surface area contributed by atoms with E-state index in [2.05, 4.69) is 19.6 Å². The minimum Gasteiger partial charge on any atom is -0.458 e. The molecule has 1 aromatic rings. The smallest absolute Gasteiger partial charge is 0.338 e. The van der Waals surface area contributed by atoms with Gasteiger partial charge in [-0.05, 0) is 49.8 Å². The average molecular weight is 282 g/mol. The lowest BCUT2D eigenvalue weighted by atomic mass is 9.85. The van der Waals surface area contributed by atoms with Crippen molar-refractivity contribution in [1.82, 2.24) is 0 Å². The second-order valence-corrected chi connectivity index (χ2v) is 5.54. The predicted octanol–water partition coefficient (Wildman–Crippen LogP) is 4.24. The molecule has 0 N–H and O–H groups in total. The lowest BCUT2D eigenvalue weighted by molar-refractivity contribution is 0.000677. The summed E-state index contributed by atoms with van der Waals surface area (Å²) in [6, 6.07) is 4.11. The molecule has 4 heteroatoms. The second-order valence-electron chi connectivity index (χ2n) is 5.06. The molecule has 0 aliphatic heterocycles. The summed E-state index contributed by atoms with van der Waals surface area (Å²) in [6.07, 6.45) is 5.40. The maximum absolute atomic E-state index is 13.1. The van der Waals surface area contributed by atoms with Crippen LogP contribution in [0.2, 0.25) is 0 Å². The molecule has 19 heavy (non-hydrogen) atoms. The highest BCUT2D eigenvalue weighted by Gasteiger charge is 2.27. The quantitative estimate of drug-likeness (QED) is 0.663. The summed E-state index contributed by atoms with van der Waals surface area (Å²) in [5.41, 5.74) is 0.367. The first kappa shape index (κ1) is 14.4. The molecule has 0 amide bonds. The van der Waals surface area contributed by atoms with Gasteiger partial charge in [0.2, 0.25) is 0 Å². The minimum atomic E-state index is -0.427. The Morgan fingerprint density at radius 1 is 1.42 bits per heavy atom. The summed E-state index contributed by atoms with van der Waals surface area (Å²) < 4.78 is 18.7. The van der Waals surface area contributed by atoms with Crippen LogP contribution in [0, 0.1) is 11.7 Å². The van der Waals surface area contributed by atoms with Crippen molar-refractivity contribution in [3.8, 4) is 0 Å². The van der Waals surface area contributed by atoms with Gasteiger partial charge in [0.05, 0.1) is 5.56 Å². The normalized spacial score (nSPS) is 23.1. The zero-order valence-corrected chi connectivity index (χ0v) is 12.0. The van der Waals surface area contributed by atoms with Crippen LogP contribution in [0.3, 0.4) is 0 Å². The van der Waals surface area contributed by atoms with Crippen molar-refractivity contribution >= 4 is 18.6 Å². The van der Waals surface area contributed by atoms with Crippen LogP contribution < -0.4 is 0 Å². The van der Waals surface area contributed by atoms with Crippen molar-refractivity contribution in [1.29, 1.82) is 0 Å². The Bertz CT molecular complexity index is 461. The third-order valence-electron chi connectivity index (χ3n) is 3.80. The van der Waals surface area contributed by atoms with Gasteiger partial charge < -0.3 is 4.74 Å². The maximum Gasteiger partial charge on any atom is 0.338 e. The number of carbonyl (C=O) groups excluding carboxylic acids is 1. The number of ether oxygens (including phenoxy) is 1. The number of hydrogen-bond acceptors (Lipinski definition) is 3. The van der Waals surface area contributed by atoms with E-state index in [1.807, 2.05) is 0 Å². The van der Waals surface area contributed by atoms with Gasteiger partial charge in [-0.25, -0.2) is 9.18 Å². The Labute approximate surface area is 118 Å². The van der Waals surface area contributed by atoms with Gasteiger partial charge in [0.25, 0.3) is 0 Å². The van der Waals surface area contributed by atoms with E-state index in [0.29, 0.717) is 11.5 Å². The first-order valence-electron chi connectivity index (χ1n) is 6.81. The SMILES string of the molecule is CCC1CCCCC1OC(=O)c1ccc(F)c(S)c1. The first-order chi connectivity index (χ1) is 9.11.